The van der Waals surface area contributed by atoms with Gasteiger partial charge in [0, 0.05) is 30.4 Å². The van der Waals surface area contributed by atoms with Crippen molar-refractivity contribution in [1.82, 2.24) is 9.88 Å². The Hall–Kier alpha value is -1.30. The lowest BCUT2D eigenvalue weighted by Gasteiger charge is -2.39. The molecule has 1 spiro atoms. The molecule has 0 bridgehead atoms. The number of hydrogen-bond acceptors (Lipinski definition) is 3. The highest BCUT2D eigenvalue weighted by atomic mass is 32.2. The summed E-state index contributed by atoms with van der Waals surface area (Å²) in [5, 5.41) is 0. The first-order chi connectivity index (χ1) is 9.41. The van der Waals surface area contributed by atoms with Gasteiger partial charge in [0.1, 0.15) is 0 Å². The van der Waals surface area contributed by atoms with Crippen LogP contribution in [0.25, 0.3) is 0 Å². The third-order valence-electron chi connectivity index (χ3n) is 4.60. The highest BCUT2D eigenvalue weighted by Gasteiger charge is 2.45. The fourth-order valence-electron chi connectivity index (χ4n) is 3.54. The Labute approximate surface area is 119 Å². The zero-order valence-corrected chi connectivity index (χ0v) is 12.5. The highest BCUT2D eigenvalue weighted by molar-refractivity contribution is 7.91. The monoisotopic (exact) mass is 296 g/mol. The number of amides is 1. The van der Waals surface area contributed by atoms with E-state index in [1.807, 2.05) is 11.8 Å². The number of piperidine rings is 1. The third kappa shape index (κ3) is 2.37. The van der Waals surface area contributed by atoms with Crippen LogP contribution in [-0.2, 0) is 9.84 Å². The van der Waals surface area contributed by atoms with Crippen molar-refractivity contribution < 1.29 is 13.2 Å². The van der Waals surface area contributed by atoms with Crippen LogP contribution in [0.4, 0.5) is 0 Å². The second-order valence-corrected chi connectivity index (χ2v) is 8.37. The number of nitrogens with zero attached hydrogens (tertiary/aromatic N) is 1. The molecule has 3 heterocycles. The Morgan fingerprint density at radius 1 is 1.40 bits per heavy atom. The van der Waals surface area contributed by atoms with Crippen LogP contribution in [0, 0.1) is 12.3 Å². The van der Waals surface area contributed by atoms with Gasteiger partial charge in [0.15, 0.2) is 9.84 Å². The predicted molar refractivity (Wildman–Crippen MR) is 76.4 cm³/mol. The van der Waals surface area contributed by atoms with Crippen molar-refractivity contribution in [3.8, 4) is 0 Å². The van der Waals surface area contributed by atoms with Gasteiger partial charge in [-0.2, -0.15) is 0 Å². The average Bonchev–Trinajstić information content (AvgIpc) is 2.93. The van der Waals surface area contributed by atoms with Gasteiger partial charge < -0.3 is 9.88 Å². The van der Waals surface area contributed by atoms with Crippen LogP contribution in [-0.4, -0.2) is 48.8 Å². The van der Waals surface area contributed by atoms with Gasteiger partial charge in [0.2, 0.25) is 0 Å². The van der Waals surface area contributed by atoms with Crippen LogP contribution in [0.1, 0.15) is 35.3 Å². The third-order valence-corrected chi connectivity index (χ3v) is 6.48. The zero-order valence-electron chi connectivity index (χ0n) is 11.7. The first-order valence-corrected chi connectivity index (χ1v) is 8.87. The van der Waals surface area contributed by atoms with Crippen molar-refractivity contribution in [3.63, 3.8) is 0 Å². The van der Waals surface area contributed by atoms with E-state index >= 15 is 0 Å². The second-order valence-electron chi connectivity index (χ2n) is 6.19. The van der Waals surface area contributed by atoms with Gasteiger partial charge in [-0.05, 0) is 32.3 Å². The summed E-state index contributed by atoms with van der Waals surface area (Å²) in [4.78, 5) is 17.4. The maximum atomic E-state index is 12.5. The van der Waals surface area contributed by atoms with Gasteiger partial charge in [-0.3, -0.25) is 4.79 Å². The summed E-state index contributed by atoms with van der Waals surface area (Å²) in [6.45, 7) is 3.19. The smallest absolute Gasteiger partial charge is 0.255 e. The molecule has 20 heavy (non-hydrogen) atoms. The molecule has 0 saturated carbocycles. The molecule has 0 unspecified atom stereocenters. The number of hydrogen-bond donors (Lipinski definition) is 1. The molecule has 1 aromatic heterocycles. The van der Waals surface area contributed by atoms with E-state index < -0.39 is 9.84 Å². The minimum absolute atomic E-state index is 0.0205. The van der Waals surface area contributed by atoms with Crippen LogP contribution >= 0.6 is 0 Å². The molecule has 0 aromatic carbocycles. The van der Waals surface area contributed by atoms with Crippen LogP contribution in [0.15, 0.2) is 12.3 Å². The normalized spacial score (nSPS) is 28.9. The number of aryl methyl sites for hydroxylation is 1. The molecule has 2 aliphatic rings. The van der Waals surface area contributed by atoms with Gasteiger partial charge in [-0.1, -0.05) is 0 Å². The van der Waals surface area contributed by atoms with Crippen molar-refractivity contribution in [2.24, 2.45) is 5.41 Å². The lowest BCUT2D eigenvalue weighted by Crippen LogP contribution is -2.46. The van der Waals surface area contributed by atoms with E-state index in [0.29, 0.717) is 18.5 Å². The molecular formula is C14H20N2O3S. The van der Waals surface area contributed by atoms with Crippen molar-refractivity contribution in [2.45, 2.75) is 26.2 Å². The SMILES string of the molecule is Cc1[nH]ccc1C(=O)N1CCC[C@@]2(CCS(=O)(=O)C2)C1. The lowest BCUT2D eigenvalue weighted by atomic mass is 9.79. The number of aromatic nitrogens is 1. The molecule has 1 aromatic rings. The fraction of sp³-hybridized carbons (Fsp3) is 0.643. The summed E-state index contributed by atoms with van der Waals surface area (Å²) in [5.74, 6) is 0.542. The zero-order chi connectivity index (χ0) is 14.4. The van der Waals surface area contributed by atoms with Crippen molar-refractivity contribution in [2.75, 3.05) is 24.6 Å². The summed E-state index contributed by atoms with van der Waals surface area (Å²) < 4.78 is 23.5. The van der Waals surface area contributed by atoms with Crippen molar-refractivity contribution >= 4 is 15.7 Å². The van der Waals surface area contributed by atoms with Crippen molar-refractivity contribution in [3.05, 3.63) is 23.5 Å². The second kappa shape index (κ2) is 4.62. The van der Waals surface area contributed by atoms with E-state index in [0.717, 1.165) is 25.1 Å². The minimum atomic E-state index is -2.91. The molecule has 6 heteroatoms. The summed E-state index contributed by atoms with van der Waals surface area (Å²) in [5.41, 5.74) is 1.37. The Morgan fingerprint density at radius 2 is 2.20 bits per heavy atom. The van der Waals surface area contributed by atoms with Crippen LogP contribution < -0.4 is 0 Å². The lowest BCUT2D eigenvalue weighted by molar-refractivity contribution is 0.0563. The number of nitrogens with one attached hydrogen (secondary N) is 1. The molecule has 1 amide bonds. The quantitative estimate of drug-likeness (QED) is 0.850. The molecule has 2 fully saturated rings. The fourth-order valence-corrected chi connectivity index (χ4v) is 5.74. The molecular weight excluding hydrogens is 276 g/mol. The Bertz CT molecular complexity index is 635. The number of sulfone groups is 1. The maximum absolute atomic E-state index is 12.5. The minimum Gasteiger partial charge on any atom is -0.365 e. The van der Waals surface area contributed by atoms with E-state index in [9.17, 15) is 13.2 Å². The van der Waals surface area contributed by atoms with E-state index in [1.165, 1.54) is 0 Å². The predicted octanol–water partition coefficient (Wildman–Crippen LogP) is 1.36. The molecule has 1 atom stereocenters. The largest absolute Gasteiger partial charge is 0.365 e. The number of H-pyrrole nitrogens is 1. The molecule has 0 radical (unpaired) electrons. The Morgan fingerprint density at radius 3 is 2.80 bits per heavy atom. The number of aromatic amines is 1. The molecule has 5 nitrogen and oxygen atoms in total. The molecule has 2 aliphatic heterocycles. The van der Waals surface area contributed by atoms with Gasteiger partial charge >= 0.3 is 0 Å². The number of likely N-dealkylation sites (tertiary alicyclic amines) is 1. The van der Waals surface area contributed by atoms with Gasteiger partial charge in [-0.15, -0.1) is 0 Å². The molecule has 3 rings (SSSR count). The standard InChI is InChI=1S/C14H20N2O3S/c1-11-12(3-6-15-11)13(17)16-7-2-4-14(9-16)5-8-20(18,19)10-14/h3,6,15H,2,4-5,7-10H2,1H3/t14-/m1/s1. The number of carbonyl (C=O) groups is 1. The first-order valence-electron chi connectivity index (χ1n) is 7.05. The maximum Gasteiger partial charge on any atom is 0.255 e. The summed E-state index contributed by atoms with van der Waals surface area (Å²) in [6, 6.07) is 1.80. The molecule has 1 N–H and O–H groups in total. The summed E-state index contributed by atoms with van der Waals surface area (Å²) >= 11 is 0. The van der Waals surface area contributed by atoms with E-state index in [4.69, 9.17) is 0 Å². The van der Waals surface area contributed by atoms with Crippen LogP contribution in [0.5, 0.6) is 0 Å². The molecule has 2 saturated heterocycles. The summed E-state index contributed by atoms with van der Waals surface area (Å²) in [7, 11) is -2.91. The topological polar surface area (TPSA) is 70.2 Å². The Kier molecular flexibility index (Phi) is 3.16. The highest BCUT2D eigenvalue weighted by Crippen LogP contribution is 2.40. The van der Waals surface area contributed by atoms with E-state index in [-0.39, 0.29) is 22.8 Å². The van der Waals surface area contributed by atoms with Crippen LogP contribution in [0.3, 0.4) is 0 Å². The van der Waals surface area contributed by atoms with Crippen molar-refractivity contribution in [1.29, 1.82) is 0 Å². The summed E-state index contributed by atoms with van der Waals surface area (Å²) in [6.07, 6.45) is 4.28. The Balaban J connectivity index is 1.79. The van der Waals surface area contributed by atoms with Gasteiger partial charge in [-0.25, -0.2) is 8.42 Å². The van der Waals surface area contributed by atoms with Gasteiger partial charge in [0.25, 0.3) is 5.91 Å². The number of rotatable bonds is 1. The van der Waals surface area contributed by atoms with E-state index in [2.05, 4.69) is 4.98 Å². The average molecular weight is 296 g/mol. The number of carbonyl (C=O) groups excluding carboxylic acids is 1. The molecule has 0 aliphatic carbocycles. The molecule has 110 valence electrons. The first kappa shape index (κ1) is 13.7. The van der Waals surface area contributed by atoms with Gasteiger partial charge in [0.05, 0.1) is 17.1 Å². The van der Waals surface area contributed by atoms with Crippen LogP contribution in [0.2, 0.25) is 0 Å². The van der Waals surface area contributed by atoms with E-state index in [1.54, 1.807) is 12.3 Å².